The average Bonchev–Trinajstić information content (AvgIpc) is 2.97. The lowest BCUT2D eigenvalue weighted by Crippen LogP contribution is -2.69. The van der Waals surface area contributed by atoms with Crippen molar-refractivity contribution in [2.24, 2.45) is 4.99 Å². The topological polar surface area (TPSA) is 261 Å². The maximum atomic E-state index is 13.1. The Hall–Kier alpha value is -3.45. The van der Waals surface area contributed by atoms with Crippen LogP contribution in [0.5, 0.6) is 0 Å². The molecule has 0 bridgehead atoms. The van der Waals surface area contributed by atoms with Crippen LogP contribution in [0.25, 0.3) is 0 Å². The number of carbonyl (C=O) groups excluding carboxylic acids is 3. The van der Waals surface area contributed by atoms with Gasteiger partial charge in [-0.25, -0.2) is 9.59 Å². The predicted octanol–water partition coefficient (Wildman–Crippen LogP) is -0.887. The summed E-state index contributed by atoms with van der Waals surface area (Å²) in [6.45, 7) is 3.31. The minimum Gasteiger partial charge on any atom is -0.508 e. The minimum atomic E-state index is -2.96. The van der Waals surface area contributed by atoms with Crippen molar-refractivity contribution in [2.45, 2.75) is 94.3 Å². The van der Waals surface area contributed by atoms with E-state index in [0.29, 0.717) is 0 Å². The van der Waals surface area contributed by atoms with Crippen LogP contribution in [-0.4, -0.2) is 135 Å². The number of rotatable bonds is 10. The van der Waals surface area contributed by atoms with E-state index in [4.69, 9.17) is 33.8 Å². The van der Waals surface area contributed by atoms with E-state index in [9.17, 15) is 44.7 Å². The third-order valence-corrected chi connectivity index (χ3v) is 7.65. The van der Waals surface area contributed by atoms with Crippen LogP contribution in [0.2, 0.25) is 0 Å². The number of hydrogen-bond acceptors (Lipinski definition) is 17. The number of aliphatic hydroxyl groups is 4. The molecule has 2 fully saturated rings. The second kappa shape index (κ2) is 14.8. The lowest BCUT2D eigenvalue weighted by Gasteiger charge is -2.50. The minimum absolute atomic E-state index is 0.115. The first-order chi connectivity index (χ1) is 21.1. The Labute approximate surface area is 261 Å². The van der Waals surface area contributed by atoms with E-state index in [0.717, 1.165) is 6.92 Å². The van der Waals surface area contributed by atoms with Crippen LogP contribution in [0.1, 0.15) is 33.6 Å². The van der Waals surface area contributed by atoms with Crippen molar-refractivity contribution in [3.8, 4) is 0 Å². The number of ketones is 1. The first kappa shape index (κ1) is 36.0. The SMILES string of the molecule is C/C=C(\N=C=S)C(=O)O[C@H]1[C@@H](O[C@@H]2C[C@H](OC)[C@H](O)[C@H](C)O2)[C@@H](O)C(C2(O)CC(=O)C(=N)C(C(=O)O)=C2O)O[C@@H]1COC(C)=O. The van der Waals surface area contributed by atoms with Crippen LogP contribution in [-0.2, 0) is 47.6 Å². The molecule has 0 aromatic carbocycles. The fraction of sp³-hybridized carbons (Fsp3) is 0.630. The van der Waals surface area contributed by atoms with Crippen molar-refractivity contribution < 1.29 is 73.1 Å². The Bertz CT molecular complexity index is 1330. The molecule has 0 radical (unpaired) electrons. The van der Waals surface area contributed by atoms with Gasteiger partial charge in [-0.05, 0) is 26.1 Å². The highest BCUT2D eigenvalue weighted by molar-refractivity contribution is 7.78. The number of nitrogens with one attached hydrogen (secondary N) is 1. The maximum absolute atomic E-state index is 13.1. The van der Waals surface area contributed by atoms with E-state index in [2.05, 4.69) is 17.2 Å². The lowest BCUT2D eigenvalue weighted by molar-refractivity contribution is -0.325. The highest BCUT2D eigenvalue weighted by atomic mass is 32.1. The average molecular weight is 659 g/mol. The number of thiocarbonyl (C=S) groups is 1. The zero-order valence-electron chi connectivity index (χ0n) is 24.6. The summed E-state index contributed by atoms with van der Waals surface area (Å²) >= 11 is 4.56. The number of hydrogen-bond donors (Lipinski definition) is 6. The molecule has 45 heavy (non-hydrogen) atoms. The molecule has 0 saturated carbocycles. The number of allylic oxidation sites excluding steroid dienone is 1. The van der Waals surface area contributed by atoms with Gasteiger partial charge < -0.3 is 54.0 Å². The van der Waals surface area contributed by atoms with Crippen molar-refractivity contribution >= 4 is 46.8 Å². The van der Waals surface area contributed by atoms with Crippen LogP contribution < -0.4 is 0 Å². The second-order valence-electron chi connectivity index (χ2n) is 10.4. The number of esters is 2. The quantitative estimate of drug-likeness (QED) is 0.0720. The fourth-order valence-electron chi connectivity index (χ4n) is 5.26. The van der Waals surface area contributed by atoms with Gasteiger partial charge in [0.05, 0.1) is 23.8 Å². The number of isothiocyanates is 1. The largest absolute Gasteiger partial charge is 0.508 e. The summed E-state index contributed by atoms with van der Waals surface area (Å²) in [6, 6.07) is 0. The molecule has 10 atom stereocenters. The highest BCUT2D eigenvalue weighted by Crippen LogP contribution is 2.41. The summed E-state index contributed by atoms with van der Waals surface area (Å²) in [5.74, 6) is -6.42. The first-order valence-corrected chi connectivity index (χ1v) is 14.0. The van der Waals surface area contributed by atoms with Gasteiger partial charge in [-0.2, -0.15) is 4.99 Å². The molecule has 3 aliphatic rings. The molecule has 0 amide bonds. The Morgan fingerprint density at radius 3 is 2.44 bits per heavy atom. The number of ether oxygens (including phenoxy) is 6. The maximum Gasteiger partial charge on any atom is 0.357 e. The van der Waals surface area contributed by atoms with E-state index in [1.807, 2.05) is 5.16 Å². The number of carbonyl (C=O) groups is 4. The van der Waals surface area contributed by atoms with Crippen LogP contribution in [0.4, 0.5) is 0 Å². The van der Waals surface area contributed by atoms with Gasteiger partial charge in [0.2, 0.25) is 0 Å². The van der Waals surface area contributed by atoms with Crippen LogP contribution in [0, 0.1) is 5.41 Å². The summed E-state index contributed by atoms with van der Waals surface area (Å²) in [6.07, 6.45) is -13.3. The molecule has 2 heterocycles. The van der Waals surface area contributed by atoms with Crippen molar-refractivity contribution in [2.75, 3.05) is 13.7 Å². The van der Waals surface area contributed by atoms with Crippen molar-refractivity contribution in [3.63, 3.8) is 0 Å². The molecule has 3 rings (SSSR count). The molecule has 2 aliphatic heterocycles. The van der Waals surface area contributed by atoms with Crippen LogP contribution in [0.15, 0.2) is 28.1 Å². The summed E-state index contributed by atoms with van der Waals surface area (Å²) in [4.78, 5) is 52.9. The monoisotopic (exact) mass is 658 g/mol. The number of aliphatic hydroxyl groups excluding tert-OH is 3. The number of Topliss-reactive ketones (excluding diaryl/α,β-unsaturated/α-hetero) is 1. The van der Waals surface area contributed by atoms with Crippen molar-refractivity contribution in [1.29, 1.82) is 5.41 Å². The molecule has 6 N–H and O–H groups in total. The Morgan fingerprint density at radius 1 is 1.22 bits per heavy atom. The zero-order chi connectivity index (χ0) is 33.8. The van der Waals surface area contributed by atoms with E-state index in [1.54, 1.807) is 0 Å². The lowest BCUT2D eigenvalue weighted by atomic mass is 9.74. The number of aliphatic imine (C=N–C) groups is 1. The number of aliphatic carboxylic acids is 1. The summed E-state index contributed by atoms with van der Waals surface area (Å²) in [7, 11) is 1.33. The highest BCUT2D eigenvalue weighted by Gasteiger charge is 2.61. The van der Waals surface area contributed by atoms with Gasteiger partial charge in [0, 0.05) is 20.5 Å². The predicted molar refractivity (Wildman–Crippen MR) is 150 cm³/mol. The number of nitrogens with zero attached hydrogens (tertiary/aromatic N) is 1. The summed E-state index contributed by atoms with van der Waals surface area (Å²) < 4.78 is 33.5. The van der Waals surface area contributed by atoms with Crippen molar-refractivity contribution in [3.05, 3.63) is 23.1 Å². The Balaban J connectivity index is 2.15. The molecular weight excluding hydrogens is 624 g/mol. The molecular formula is C27H34N2O15S. The molecule has 1 aliphatic carbocycles. The van der Waals surface area contributed by atoms with E-state index >= 15 is 0 Å². The van der Waals surface area contributed by atoms with E-state index in [-0.39, 0.29) is 12.1 Å². The number of carboxylic acids is 1. The van der Waals surface area contributed by atoms with Gasteiger partial charge in [-0.3, -0.25) is 15.0 Å². The van der Waals surface area contributed by atoms with Crippen LogP contribution in [0.3, 0.4) is 0 Å². The van der Waals surface area contributed by atoms with E-state index in [1.165, 1.54) is 27.0 Å². The molecule has 18 heteroatoms. The van der Waals surface area contributed by atoms with Gasteiger partial charge >= 0.3 is 17.9 Å². The Kier molecular flexibility index (Phi) is 11.8. The molecule has 2 saturated heterocycles. The normalized spacial score (nSPS) is 35.8. The van der Waals surface area contributed by atoms with Gasteiger partial charge in [0.25, 0.3) is 0 Å². The second-order valence-corrected chi connectivity index (χ2v) is 10.6. The third kappa shape index (κ3) is 7.51. The van der Waals surface area contributed by atoms with Gasteiger partial charge in [-0.15, -0.1) is 0 Å². The first-order valence-electron chi connectivity index (χ1n) is 13.6. The summed E-state index contributed by atoms with van der Waals surface area (Å²) in [5.41, 5.74) is -5.61. The molecule has 0 aromatic rings. The van der Waals surface area contributed by atoms with E-state index < -0.39 is 114 Å². The van der Waals surface area contributed by atoms with Gasteiger partial charge in [0.1, 0.15) is 54.2 Å². The molecule has 0 aromatic heterocycles. The van der Waals surface area contributed by atoms with Crippen LogP contribution >= 0.6 is 12.2 Å². The third-order valence-electron chi connectivity index (χ3n) is 7.56. The molecule has 0 spiro atoms. The molecule has 17 nitrogen and oxygen atoms in total. The zero-order valence-corrected chi connectivity index (χ0v) is 25.4. The number of methoxy groups -OCH3 is 1. The number of carboxylic acid groups (broad SMARTS) is 1. The fourth-order valence-corrected chi connectivity index (χ4v) is 5.35. The Morgan fingerprint density at radius 2 is 1.89 bits per heavy atom. The van der Waals surface area contributed by atoms with Crippen molar-refractivity contribution in [1.82, 2.24) is 0 Å². The molecule has 248 valence electrons. The smallest absolute Gasteiger partial charge is 0.357 e. The van der Waals surface area contributed by atoms with Gasteiger partial charge in [0.15, 0.2) is 29.5 Å². The molecule has 2 unspecified atom stereocenters. The summed E-state index contributed by atoms with van der Waals surface area (Å²) in [5, 5.41) is 63.9. The van der Waals surface area contributed by atoms with Gasteiger partial charge in [-0.1, -0.05) is 6.08 Å². The standard InChI is InChI=1S/C27H34N2O15S/c1-5-12(29-9-45)26(37)44-21-15(8-40-11(3)30)42-24(27(38)7-13(31)18(28)17(23(27)34)25(35)36)20(33)22(21)43-16-6-14(39-4)19(32)10(2)41-16/h5,10,14-16,19-22,24,28,32-34,38H,6-8H2,1-4H3,(H,35,36)/b12-5-,28-18?/t10-,14-,15+,16+,19+,20+,21+,22-,24?,27?/m0/s1.